The zero-order chi connectivity index (χ0) is 27.1. The van der Waals surface area contributed by atoms with E-state index in [0.29, 0.717) is 26.7 Å². The Labute approximate surface area is 243 Å². The van der Waals surface area contributed by atoms with Crippen LogP contribution in [0.1, 0.15) is 36.6 Å². The maximum absolute atomic E-state index is 12.8. The molecule has 0 spiro atoms. The van der Waals surface area contributed by atoms with Crippen molar-refractivity contribution in [3.05, 3.63) is 127 Å². The van der Waals surface area contributed by atoms with Crippen LogP contribution in [-0.2, 0) is 0 Å². The minimum atomic E-state index is -0.644. The number of halogens is 3. The van der Waals surface area contributed by atoms with E-state index in [9.17, 15) is 14.4 Å². The second-order valence-corrected chi connectivity index (χ2v) is 10.4. The largest absolute Gasteiger partial charge is 0.419 e. The van der Waals surface area contributed by atoms with Crippen LogP contribution >= 0.6 is 47.8 Å². The molecule has 0 radical (unpaired) electrons. The number of benzene rings is 4. The fourth-order valence-electron chi connectivity index (χ4n) is 3.13. The highest BCUT2D eigenvalue weighted by atomic mass is 79.9. The summed E-state index contributed by atoms with van der Waals surface area (Å²) in [5, 5.41) is 3.99. The third-order valence-corrected chi connectivity index (χ3v) is 6.78. The van der Waals surface area contributed by atoms with Gasteiger partial charge in [0.2, 0.25) is 0 Å². The van der Waals surface area contributed by atoms with E-state index in [4.69, 9.17) is 9.47 Å². The van der Waals surface area contributed by atoms with Gasteiger partial charge in [0.05, 0.1) is 22.9 Å². The average molecular weight is 701 g/mol. The van der Waals surface area contributed by atoms with Crippen molar-refractivity contribution >= 4 is 71.9 Å². The molecule has 0 unspecified atom stereocenters. The number of esters is 2. The lowest BCUT2D eigenvalue weighted by molar-refractivity contribution is 0.0682. The van der Waals surface area contributed by atoms with Gasteiger partial charge in [0.1, 0.15) is 0 Å². The summed E-state index contributed by atoms with van der Waals surface area (Å²) in [6.45, 7) is 0. The first-order valence-electron chi connectivity index (χ1n) is 11.0. The van der Waals surface area contributed by atoms with Gasteiger partial charge in [-0.2, -0.15) is 5.10 Å². The molecule has 7 nitrogen and oxygen atoms in total. The van der Waals surface area contributed by atoms with E-state index in [1.807, 2.05) is 0 Å². The Kier molecular flexibility index (Phi) is 9.22. The summed E-state index contributed by atoms with van der Waals surface area (Å²) in [7, 11) is 0. The Morgan fingerprint density at radius 1 is 0.684 bits per heavy atom. The number of hydrogen-bond acceptors (Lipinski definition) is 6. The quantitative estimate of drug-likeness (QED) is 0.0955. The van der Waals surface area contributed by atoms with Gasteiger partial charge >= 0.3 is 11.9 Å². The van der Waals surface area contributed by atoms with Crippen LogP contribution in [-0.4, -0.2) is 24.1 Å². The predicted molar refractivity (Wildman–Crippen MR) is 154 cm³/mol. The Bertz CT molecular complexity index is 1520. The first-order valence-corrected chi connectivity index (χ1v) is 13.4. The average Bonchev–Trinajstić information content (AvgIpc) is 2.91. The van der Waals surface area contributed by atoms with Crippen LogP contribution in [0, 0.1) is 0 Å². The van der Waals surface area contributed by atoms with E-state index >= 15 is 0 Å². The molecule has 4 aromatic rings. The molecule has 10 heteroatoms. The number of rotatable bonds is 7. The third kappa shape index (κ3) is 7.25. The fraction of sp³-hybridized carbons (Fsp3) is 0. The van der Waals surface area contributed by atoms with Crippen LogP contribution in [0.2, 0.25) is 0 Å². The second-order valence-electron chi connectivity index (χ2n) is 7.68. The molecule has 0 heterocycles. The van der Waals surface area contributed by atoms with Gasteiger partial charge in [-0.15, -0.1) is 0 Å². The van der Waals surface area contributed by atoms with Gasteiger partial charge in [-0.1, -0.05) is 44.0 Å². The van der Waals surface area contributed by atoms with E-state index in [0.717, 1.165) is 8.95 Å². The molecule has 190 valence electrons. The van der Waals surface area contributed by atoms with E-state index < -0.39 is 17.8 Å². The van der Waals surface area contributed by atoms with Crippen molar-refractivity contribution in [2.75, 3.05) is 0 Å². The smallest absolute Gasteiger partial charge is 0.343 e. The lowest BCUT2D eigenvalue weighted by Crippen LogP contribution is -2.18. The standard InChI is InChI=1S/C28H17Br3N2O5/c29-20-10-6-18(7-11-20)27(35)37-24-14-5-17(16-32-33-26(34)22-3-1-2-4-23(22)31)15-25(24)38-28(36)19-8-12-21(30)13-9-19/h1-16H,(H,33,34). The molecule has 1 N–H and O–H groups in total. The van der Waals surface area contributed by atoms with Crippen molar-refractivity contribution in [2.45, 2.75) is 0 Å². The van der Waals surface area contributed by atoms with Crippen LogP contribution in [0.5, 0.6) is 11.5 Å². The zero-order valence-corrected chi connectivity index (χ0v) is 24.1. The minimum absolute atomic E-state index is 0.00413. The van der Waals surface area contributed by atoms with Crippen molar-refractivity contribution < 1.29 is 23.9 Å². The van der Waals surface area contributed by atoms with Gasteiger partial charge in [-0.05, 0) is 100 Å². The summed E-state index contributed by atoms with van der Waals surface area (Å²) in [6.07, 6.45) is 1.38. The molecule has 4 rings (SSSR count). The first-order chi connectivity index (χ1) is 18.3. The molecule has 0 saturated carbocycles. The minimum Gasteiger partial charge on any atom is -0.419 e. The molecule has 38 heavy (non-hydrogen) atoms. The maximum Gasteiger partial charge on any atom is 0.343 e. The van der Waals surface area contributed by atoms with Gasteiger partial charge < -0.3 is 9.47 Å². The molecule has 1 amide bonds. The highest BCUT2D eigenvalue weighted by molar-refractivity contribution is 9.11. The Morgan fingerprint density at radius 2 is 1.24 bits per heavy atom. The molecule has 0 fully saturated rings. The topological polar surface area (TPSA) is 94.1 Å². The molecule has 4 aromatic carbocycles. The zero-order valence-electron chi connectivity index (χ0n) is 19.4. The number of hydrogen-bond donors (Lipinski definition) is 1. The Balaban J connectivity index is 1.57. The van der Waals surface area contributed by atoms with Crippen LogP contribution in [0.15, 0.2) is 110 Å². The molecular formula is C28H17Br3N2O5. The summed E-state index contributed by atoms with van der Waals surface area (Å²) >= 11 is 9.99. The molecular weight excluding hydrogens is 684 g/mol. The van der Waals surface area contributed by atoms with Crippen LogP contribution in [0.4, 0.5) is 0 Å². The van der Waals surface area contributed by atoms with Crippen molar-refractivity contribution in [1.82, 2.24) is 5.43 Å². The fourth-order valence-corrected chi connectivity index (χ4v) is 4.12. The first kappa shape index (κ1) is 27.4. The van der Waals surface area contributed by atoms with E-state index in [1.165, 1.54) is 18.3 Å². The highest BCUT2D eigenvalue weighted by Gasteiger charge is 2.17. The summed E-state index contributed by atoms with van der Waals surface area (Å²) < 4.78 is 13.4. The number of carbonyl (C=O) groups excluding carboxylic acids is 3. The van der Waals surface area contributed by atoms with Crippen LogP contribution in [0.25, 0.3) is 0 Å². The van der Waals surface area contributed by atoms with Crippen molar-refractivity contribution in [1.29, 1.82) is 0 Å². The van der Waals surface area contributed by atoms with Gasteiger partial charge in [0.25, 0.3) is 5.91 Å². The van der Waals surface area contributed by atoms with Crippen molar-refractivity contribution in [3.8, 4) is 11.5 Å². The predicted octanol–water partition coefficient (Wildman–Crippen LogP) is 7.18. The molecule has 0 aliphatic rings. The molecule has 0 saturated heterocycles. The van der Waals surface area contributed by atoms with E-state index in [2.05, 4.69) is 58.3 Å². The van der Waals surface area contributed by atoms with Gasteiger partial charge in [-0.25, -0.2) is 15.0 Å². The molecule has 0 atom stereocenters. The third-order valence-electron chi connectivity index (χ3n) is 5.03. The number of hydrazone groups is 1. The monoisotopic (exact) mass is 698 g/mol. The molecule has 0 aromatic heterocycles. The Morgan fingerprint density at radius 3 is 1.82 bits per heavy atom. The van der Waals surface area contributed by atoms with Gasteiger partial charge in [0, 0.05) is 13.4 Å². The number of amides is 1. The second kappa shape index (κ2) is 12.8. The van der Waals surface area contributed by atoms with E-state index in [1.54, 1.807) is 78.9 Å². The normalized spacial score (nSPS) is 10.7. The van der Waals surface area contributed by atoms with Crippen molar-refractivity contribution in [3.63, 3.8) is 0 Å². The van der Waals surface area contributed by atoms with Gasteiger partial charge in [0.15, 0.2) is 11.5 Å². The number of nitrogens with zero attached hydrogens (tertiary/aromatic N) is 1. The summed E-state index contributed by atoms with van der Waals surface area (Å²) in [5.41, 5.74) is 3.98. The van der Waals surface area contributed by atoms with Gasteiger partial charge in [-0.3, -0.25) is 4.79 Å². The summed E-state index contributed by atoms with van der Waals surface area (Å²) in [6, 6.07) is 24.8. The lowest BCUT2D eigenvalue weighted by atomic mass is 10.2. The highest BCUT2D eigenvalue weighted by Crippen LogP contribution is 2.30. The number of carbonyl (C=O) groups is 3. The molecule has 0 bridgehead atoms. The lowest BCUT2D eigenvalue weighted by Gasteiger charge is -2.12. The summed E-state index contributed by atoms with van der Waals surface area (Å²) in [4.78, 5) is 37.9. The van der Waals surface area contributed by atoms with Crippen molar-refractivity contribution in [2.24, 2.45) is 5.10 Å². The SMILES string of the molecule is O=C(Oc1ccc(C=NNC(=O)c2ccccc2Br)cc1OC(=O)c1ccc(Br)cc1)c1ccc(Br)cc1. The van der Waals surface area contributed by atoms with Crippen LogP contribution < -0.4 is 14.9 Å². The van der Waals surface area contributed by atoms with Crippen LogP contribution in [0.3, 0.4) is 0 Å². The molecule has 0 aliphatic heterocycles. The van der Waals surface area contributed by atoms with E-state index in [-0.39, 0.29) is 11.5 Å². The summed E-state index contributed by atoms with van der Waals surface area (Å²) in [5.74, 6) is -1.63. The number of ether oxygens (including phenoxy) is 2. The Hall–Kier alpha value is -3.60. The number of nitrogens with one attached hydrogen (secondary N) is 1. The molecule has 0 aliphatic carbocycles. The maximum atomic E-state index is 12.8.